The summed E-state index contributed by atoms with van der Waals surface area (Å²) in [7, 11) is 0. The molecule has 1 unspecified atom stereocenters. The molecule has 0 radical (unpaired) electrons. The minimum Gasteiger partial charge on any atom is -0.370 e. The molecule has 0 saturated heterocycles. The molecule has 1 aromatic carbocycles. The summed E-state index contributed by atoms with van der Waals surface area (Å²) in [6, 6.07) is 1.57. The van der Waals surface area contributed by atoms with Gasteiger partial charge in [0.1, 0.15) is 11.3 Å². The van der Waals surface area contributed by atoms with Gasteiger partial charge in [-0.2, -0.15) is 0 Å². The summed E-state index contributed by atoms with van der Waals surface area (Å²) in [5, 5.41) is 0. The maximum Gasteiger partial charge on any atom is 0.219 e. The van der Waals surface area contributed by atoms with Crippen molar-refractivity contribution in [2.45, 2.75) is 19.4 Å². The predicted molar refractivity (Wildman–Crippen MR) is 65.6 cm³/mol. The molecule has 2 rings (SSSR count). The number of carbonyl (C=O) groups excluding carboxylic acids is 1. The summed E-state index contributed by atoms with van der Waals surface area (Å²) < 4.78 is 28.5. The Bertz CT molecular complexity index is 677. The van der Waals surface area contributed by atoms with E-state index in [2.05, 4.69) is 4.98 Å². The lowest BCUT2D eigenvalue weighted by Gasteiger charge is -2.12. The lowest BCUT2D eigenvalue weighted by atomic mass is 10.2. The van der Waals surface area contributed by atoms with Gasteiger partial charge in [0.2, 0.25) is 5.91 Å². The molecule has 1 heterocycles. The lowest BCUT2D eigenvalue weighted by molar-refractivity contribution is -0.118. The molecule has 18 heavy (non-hydrogen) atoms. The zero-order valence-electron chi connectivity index (χ0n) is 9.54. The van der Waals surface area contributed by atoms with Crippen molar-refractivity contribution in [1.82, 2.24) is 9.55 Å². The Labute approximate surface area is 106 Å². The van der Waals surface area contributed by atoms with Crippen LogP contribution in [0.5, 0.6) is 0 Å². The summed E-state index contributed by atoms with van der Waals surface area (Å²) >= 11 is 5.05. The Balaban J connectivity index is 2.67. The molecular weight excluding hydrogens is 260 g/mol. The number of amides is 1. The summed E-state index contributed by atoms with van der Waals surface area (Å²) in [6.07, 6.45) is 0.0411. The summed E-state index contributed by atoms with van der Waals surface area (Å²) in [5.41, 5.74) is 5.52. The van der Waals surface area contributed by atoms with Gasteiger partial charge in [-0.05, 0) is 25.2 Å². The zero-order chi connectivity index (χ0) is 13.4. The molecule has 2 aromatic rings. The van der Waals surface area contributed by atoms with Gasteiger partial charge in [-0.25, -0.2) is 8.78 Å². The van der Waals surface area contributed by atoms with E-state index >= 15 is 0 Å². The third-order valence-electron chi connectivity index (χ3n) is 2.68. The average molecular weight is 271 g/mol. The van der Waals surface area contributed by atoms with Crippen LogP contribution in [0.15, 0.2) is 12.1 Å². The van der Waals surface area contributed by atoms with Crippen LogP contribution in [-0.2, 0) is 4.79 Å². The number of imidazole rings is 1. The highest BCUT2D eigenvalue weighted by Crippen LogP contribution is 2.24. The van der Waals surface area contributed by atoms with Crippen molar-refractivity contribution >= 4 is 29.2 Å². The van der Waals surface area contributed by atoms with Gasteiger partial charge in [0, 0.05) is 18.5 Å². The van der Waals surface area contributed by atoms with Crippen LogP contribution < -0.4 is 5.73 Å². The van der Waals surface area contributed by atoms with Crippen LogP contribution in [0.3, 0.4) is 0 Å². The van der Waals surface area contributed by atoms with Crippen molar-refractivity contribution in [3.05, 3.63) is 28.5 Å². The number of carbonyl (C=O) groups is 1. The highest BCUT2D eigenvalue weighted by atomic mass is 32.1. The maximum absolute atomic E-state index is 13.5. The topological polar surface area (TPSA) is 63.8 Å². The number of benzene rings is 1. The number of nitrogens with two attached hydrogens (primary N) is 1. The molecular formula is C11H11F2N3OS. The van der Waals surface area contributed by atoms with Crippen molar-refractivity contribution in [3.63, 3.8) is 0 Å². The van der Waals surface area contributed by atoms with Gasteiger partial charge >= 0.3 is 0 Å². The Morgan fingerprint density at radius 1 is 1.56 bits per heavy atom. The fourth-order valence-corrected chi connectivity index (χ4v) is 2.35. The largest absolute Gasteiger partial charge is 0.370 e. The Hall–Kier alpha value is -1.76. The van der Waals surface area contributed by atoms with E-state index in [1.54, 1.807) is 6.92 Å². The van der Waals surface area contributed by atoms with Crippen LogP contribution in [0.1, 0.15) is 19.4 Å². The molecule has 3 N–H and O–H groups in total. The van der Waals surface area contributed by atoms with Gasteiger partial charge in [0.05, 0.1) is 5.52 Å². The number of aromatic amines is 1. The lowest BCUT2D eigenvalue weighted by Crippen LogP contribution is -2.17. The molecule has 4 nitrogen and oxygen atoms in total. The Morgan fingerprint density at radius 3 is 2.83 bits per heavy atom. The molecule has 0 aliphatic rings. The van der Waals surface area contributed by atoms with Gasteiger partial charge < -0.3 is 15.3 Å². The van der Waals surface area contributed by atoms with E-state index in [4.69, 9.17) is 18.0 Å². The molecule has 1 atom stereocenters. The number of halogens is 2. The summed E-state index contributed by atoms with van der Waals surface area (Å²) in [5.74, 6) is -1.93. The smallest absolute Gasteiger partial charge is 0.219 e. The molecule has 96 valence electrons. The minimum atomic E-state index is -0.721. The van der Waals surface area contributed by atoms with Crippen LogP contribution in [0, 0.1) is 16.4 Å². The normalized spacial score (nSPS) is 12.8. The van der Waals surface area contributed by atoms with Crippen molar-refractivity contribution in [1.29, 1.82) is 0 Å². The first-order chi connectivity index (χ1) is 8.40. The fourth-order valence-electron chi connectivity index (χ4n) is 1.97. The van der Waals surface area contributed by atoms with Crippen LogP contribution in [0.2, 0.25) is 0 Å². The Morgan fingerprint density at radius 2 is 2.22 bits per heavy atom. The standard InChI is InChI=1S/C11H11F2N3OS/c1-5(2-9(14)17)16-8-4-6(12)3-7(13)10(8)15-11(16)18/h3-5H,2H2,1H3,(H2,14,17)(H,15,18). The van der Waals surface area contributed by atoms with Gasteiger partial charge in [-0.3, -0.25) is 4.79 Å². The van der Waals surface area contributed by atoms with Crippen molar-refractivity contribution < 1.29 is 13.6 Å². The van der Waals surface area contributed by atoms with Crippen LogP contribution in [-0.4, -0.2) is 15.5 Å². The third-order valence-corrected chi connectivity index (χ3v) is 2.98. The van der Waals surface area contributed by atoms with E-state index in [1.807, 2.05) is 0 Å². The number of nitrogens with zero attached hydrogens (tertiary/aromatic N) is 1. The molecule has 0 spiro atoms. The monoisotopic (exact) mass is 271 g/mol. The van der Waals surface area contributed by atoms with Crippen LogP contribution in [0.4, 0.5) is 8.78 Å². The van der Waals surface area contributed by atoms with E-state index in [9.17, 15) is 13.6 Å². The molecule has 1 aromatic heterocycles. The van der Waals surface area contributed by atoms with E-state index < -0.39 is 17.5 Å². The maximum atomic E-state index is 13.5. The minimum absolute atomic E-state index is 0.0411. The number of hydrogen-bond acceptors (Lipinski definition) is 2. The second kappa shape index (κ2) is 4.49. The second-order valence-corrected chi connectivity index (χ2v) is 4.49. The quantitative estimate of drug-likeness (QED) is 0.842. The van der Waals surface area contributed by atoms with E-state index in [0.717, 1.165) is 6.07 Å². The van der Waals surface area contributed by atoms with Crippen LogP contribution >= 0.6 is 12.2 Å². The van der Waals surface area contributed by atoms with E-state index in [0.29, 0.717) is 0 Å². The summed E-state index contributed by atoms with van der Waals surface area (Å²) in [4.78, 5) is 13.6. The molecule has 0 bridgehead atoms. The summed E-state index contributed by atoms with van der Waals surface area (Å²) in [6.45, 7) is 1.71. The van der Waals surface area contributed by atoms with E-state index in [-0.39, 0.29) is 28.3 Å². The first-order valence-electron chi connectivity index (χ1n) is 5.27. The van der Waals surface area contributed by atoms with E-state index in [1.165, 1.54) is 10.6 Å². The van der Waals surface area contributed by atoms with Crippen molar-refractivity contribution in [2.75, 3.05) is 0 Å². The molecule has 1 amide bonds. The molecule has 0 saturated carbocycles. The Kier molecular flexibility index (Phi) is 3.16. The van der Waals surface area contributed by atoms with Gasteiger partial charge in [0.25, 0.3) is 0 Å². The first-order valence-corrected chi connectivity index (χ1v) is 5.68. The van der Waals surface area contributed by atoms with Gasteiger partial charge in [-0.1, -0.05) is 0 Å². The number of rotatable bonds is 3. The van der Waals surface area contributed by atoms with Gasteiger partial charge in [-0.15, -0.1) is 0 Å². The molecule has 0 aliphatic carbocycles. The zero-order valence-corrected chi connectivity index (χ0v) is 10.4. The average Bonchev–Trinajstić information content (AvgIpc) is 2.53. The SMILES string of the molecule is CC(CC(N)=O)n1c(=S)[nH]c2c(F)cc(F)cc21. The number of primary amides is 1. The molecule has 7 heteroatoms. The number of nitrogens with one attached hydrogen (secondary N) is 1. The third kappa shape index (κ3) is 2.13. The van der Waals surface area contributed by atoms with Crippen LogP contribution in [0.25, 0.3) is 11.0 Å². The van der Waals surface area contributed by atoms with Crippen molar-refractivity contribution in [3.8, 4) is 0 Å². The number of H-pyrrole nitrogens is 1. The number of fused-ring (bicyclic) bond motifs is 1. The number of hydrogen-bond donors (Lipinski definition) is 2. The van der Waals surface area contributed by atoms with Crippen molar-refractivity contribution in [2.24, 2.45) is 5.73 Å². The molecule has 0 aliphatic heterocycles. The second-order valence-electron chi connectivity index (χ2n) is 4.10. The van der Waals surface area contributed by atoms with Gasteiger partial charge in [0.15, 0.2) is 10.6 Å². The predicted octanol–water partition coefficient (Wildman–Crippen LogP) is 2.41. The highest BCUT2D eigenvalue weighted by Gasteiger charge is 2.16. The first kappa shape index (κ1) is 12.7. The number of aromatic nitrogens is 2. The molecule has 0 fully saturated rings. The highest BCUT2D eigenvalue weighted by molar-refractivity contribution is 7.71. The fraction of sp³-hybridized carbons (Fsp3) is 0.273.